The smallest absolute Gasteiger partial charge is 0.338 e. The summed E-state index contributed by atoms with van der Waals surface area (Å²) in [5.74, 6) is -2.15. The van der Waals surface area contributed by atoms with Crippen molar-refractivity contribution in [1.29, 1.82) is 0 Å². The van der Waals surface area contributed by atoms with Gasteiger partial charge in [0.05, 0.1) is 11.3 Å². The molecule has 0 bridgehead atoms. The number of rotatable bonds is 4. The first-order valence-electron chi connectivity index (χ1n) is 4.91. The van der Waals surface area contributed by atoms with Crippen LogP contribution >= 0.6 is 0 Å². The van der Waals surface area contributed by atoms with E-state index in [-0.39, 0.29) is 12.8 Å². The second kappa shape index (κ2) is 5.77. The molecule has 4 nitrogen and oxygen atoms in total. The minimum Gasteiger partial charge on any atom is -0.478 e. The monoisotopic (exact) mass is 253 g/mol. The number of carbonyl (C=O) groups excluding carboxylic acids is 1. The van der Waals surface area contributed by atoms with Crippen LogP contribution in [-0.2, 0) is 4.79 Å². The van der Waals surface area contributed by atoms with Gasteiger partial charge in [0.25, 0.3) is 0 Å². The topological polar surface area (TPSA) is 66.4 Å². The first-order valence-corrected chi connectivity index (χ1v) is 4.91. The number of nitrogens with one attached hydrogen (secondary N) is 1. The highest BCUT2D eigenvalue weighted by atomic mass is 19.1. The van der Waals surface area contributed by atoms with E-state index in [2.05, 4.69) is 11.2 Å². The van der Waals surface area contributed by atoms with Gasteiger partial charge in [0.2, 0.25) is 5.91 Å². The number of hydrogen-bond donors (Lipinski definition) is 2. The summed E-state index contributed by atoms with van der Waals surface area (Å²) in [6, 6.07) is 1.13. The molecule has 1 aromatic carbocycles. The van der Waals surface area contributed by atoms with Crippen molar-refractivity contribution in [3.05, 3.63) is 29.3 Å². The number of aromatic carboxylic acids is 1. The number of benzene rings is 1. The lowest BCUT2D eigenvalue weighted by atomic mass is 10.1. The van der Waals surface area contributed by atoms with Crippen LogP contribution in [-0.4, -0.2) is 17.0 Å². The van der Waals surface area contributed by atoms with E-state index >= 15 is 0 Å². The summed E-state index contributed by atoms with van der Waals surface area (Å²) in [5.41, 5.74) is -1.11. The summed E-state index contributed by atoms with van der Waals surface area (Å²) < 4.78 is 26.3. The molecule has 0 aliphatic carbocycles. The largest absolute Gasteiger partial charge is 0.478 e. The molecule has 0 saturated heterocycles. The molecule has 1 amide bonds. The van der Waals surface area contributed by atoms with Gasteiger partial charge in [-0.25, -0.2) is 13.6 Å². The molecule has 0 unspecified atom stereocenters. The Morgan fingerprint density at radius 1 is 1.33 bits per heavy atom. The fraction of sp³-hybridized carbons (Fsp3) is 0.167. The van der Waals surface area contributed by atoms with Gasteiger partial charge in [-0.1, -0.05) is 0 Å². The maximum atomic E-state index is 13.3. The molecular formula is C12H9F2NO3. The van der Waals surface area contributed by atoms with E-state index in [1.165, 1.54) is 0 Å². The molecular weight excluding hydrogens is 244 g/mol. The van der Waals surface area contributed by atoms with Crippen molar-refractivity contribution < 1.29 is 23.5 Å². The third-order valence-electron chi connectivity index (χ3n) is 2.06. The Balaban J connectivity index is 2.96. The molecule has 0 radical (unpaired) electrons. The van der Waals surface area contributed by atoms with Gasteiger partial charge in [-0.2, -0.15) is 0 Å². The van der Waals surface area contributed by atoms with E-state index in [4.69, 9.17) is 11.5 Å². The van der Waals surface area contributed by atoms with Crippen LogP contribution in [0.5, 0.6) is 0 Å². The molecule has 1 rings (SSSR count). The zero-order valence-corrected chi connectivity index (χ0v) is 9.17. The van der Waals surface area contributed by atoms with Gasteiger partial charge < -0.3 is 10.4 Å². The molecule has 0 aliphatic rings. The van der Waals surface area contributed by atoms with Gasteiger partial charge in [0.1, 0.15) is 11.6 Å². The van der Waals surface area contributed by atoms with Gasteiger partial charge in [-0.05, 0) is 6.07 Å². The van der Waals surface area contributed by atoms with Crippen molar-refractivity contribution >= 4 is 17.6 Å². The van der Waals surface area contributed by atoms with Crippen molar-refractivity contribution in [3.8, 4) is 12.3 Å². The highest BCUT2D eigenvalue weighted by Crippen LogP contribution is 2.20. The number of carbonyl (C=O) groups is 2. The Kier molecular flexibility index (Phi) is 4.38. The minimum atomic E-state index is -1.55. The van der Waals surface area contributed by atoms with E-state index in [0.717, 1.165) is 6.07 Å². The third-order valence-corrected chi connectivity index (χ3v) is 2.06. The number of hydrogen-bond acceptors (Lipinski definition) is 2. The minimum absolute atomic E-state index is 0.0320. The molecule has 18 heavy (non-hydrogen) atoms. The van der Waals surface area contributed by atoms with E-state index in [1.807, 2.05) is 0 Å². The van der Waals surface area contributed by atoms with Crippen LogP contribution in [0.4, 0.5) is 14.5 Å². The van der Waals surface area contributed by atoms with E-state index in [1.54, 1.807) is 0 Å². The number of halogens is 2. The third kappa shape index (κ3) is 3.28. The molecule has 0 fully saturated rings. The van der Waals surface area contributed by atoms with E-state index in [9.17, 15) is 18.4 Å². The molecule has 0 heterocycles. The van der Waals surface area contributed by atoms with E-state index in [0.29, 0.717) is 6.07 Å². The number of anilines is 1. The summed E-state index contributed by atoms with van der Waals surface area (Å²) in [5, 5.41) is 10.8. The second-order valence-electron chi connectivity index (χ2n) is 3.37. The normalized spacial score (nSPS) is 9.61. The van der Waals surface area contributed by atoms with Gasteiger partial charge in [0.15, 0.2) is 0 Å². The standard InChI is InChI=1S/C12H9F2NO3/c1-2-3-4-11(16)15-10-5-7(12(17)18)8(13)6-9(10)14/h1,5-6H,3-4H2,(H,15,16)(H,17,18). The molecule has 0 atom stereocenters. The van der Waals surface area contributed by atoms with Crippen LogP contribution in [0.25, 0.3) is 0 Å². The Hall–Kier alpha value is -2.42. The van der Waals surface area contributed by atoms with Crippen molar-refractivity contribution in [2.75, 3.05) is 5.32 Å². The number of terminal acetylenes is 1. The van der Waals surface area contributed by atoms with Crippen LogP contribution < -0.4 is 5.32 Å². The van der Waals surface area contributed by atoms with Crippen molar-refractivity contribution in [2.24, 2.45) is 0 Å². The average molecular weight is 253 g/mol. The van der Waals surface area contributed by atoms with Crippen molar-refractivity contribution in [1.82, 2.24) is 0 Å². The molecule has 0 spiro atoms. The first kappa shape index (κ1) is 13.6. The van der Waals surface area contributed by atoms with Crippen LogP contribution in [0, 0.1) is 24.0 Å². The van der Waals surface area contributed by atoms with Crippen LogP contribution in [0.3, 0.4) is 0 Å². The maximum absolute atomic E-state index is 13.3. The maximum Gasteiger partial charge on any atom is 0.338 e. The zero-order valence-electron chi connectivity index (χ0n) is 9.17. The first-order chi connectivity index (χ1) is 8.45. The fourth-order valence-corrected chi connectivity index (χ4v) is 1.21. The zero-order chi connectivity index (χ0) is 13.7. The molecule has 94 valence electrons. The van der Waals surface area contributed by atoms with Gasteiger partial charge in [-0.3, -0.25) is 4.79 Å². The van der Waals surface area contributed by atoms with Gasteiger partial charge >= 0.3 is 5.97 Å². The summed E-state index contributed by atoms with van der Waals surface area (Å²) in [4.78, 5) is 21.9. The Bertz CT molecular complexity index is 535. The summed E-state index contributed by atoms with van der Waals surface area (Å²) in [6.45, 7) is 0. The average Bonchev–Trinajstić information content (AvgIpc) is 2.29. The highest BCUT2D eigenvalue weighted by molar-refractivity contribution is 5.94. The Labute approximate surface area is 102 Å². The lowest BCUT2D eigenvalue weighted by Gasteiger charge is -2.07. The molecule has 0 saturated carbocycles. The number of amides is 1. The fourth-order valence-electron chi connectivity index (χ4n) is 1.21. The summed E-state index contributed by atoms with van der Waals surface area (Å²) >= 11 is 0. The van der Waals surface area contributed by atoms with Gasteiger partial charge in [0, 0.05) is 18.9 Å². The SMILES string of the molecule is C#CCCC(=O)Nc1cc(C(=O)O)c(F)cc1F. The number of carboxylic acid groups (broad SMARTS) is 1. The van der Waals surface area contributed by atoms with E-state index < -0.39 is 34.8 Å². The lowest BCUT2D eigenvalue weighted by molar-refractivity contribution is -0.116. The molecule has 1 aromatic rings. The lowest BCUT2D eigenvalue weighted by Crippen LogP contribution is -2.13. The van der Waals surface area contributed by atoms with Crippen LogP contribution in [0.15, 0.2) is 12.1 Å². The molecule has 0 aromatic heterocycles. The van der Waals surface area contributed by atoms with Crippen LogP contribution in [0.2, 0.25) is 0 Å². The van der Waals surface area contributed by atoms with Crippen LogP contribution in [0.1, 0.15) is 23.2 Å². The number of carboxylic acids is 1. The predicted octanol–water partition coefficient (Wildman–Crippen LogP) is 2.01. The molecule has 0 aliphatic heterocycles. The summed E-state index contributed by atoms with van der Waals surface area (Å²) in [7, 11) is 0. The predicted molar refractivity (Wildman–Crippen MR) is 60.0 cm³/mol. The van der Waals surface area contributed by atoms with Crippen molar-refractivity contribution in [3.63, 3.8) is 0 Å². The highest BCUT2D eigenvalue weighted by Gasteiger charge is 2.16. The summed E-state index contributed by atoms with van der Waals surface area (Å²) in [6.07, 6.45) is 5.09. The van der Waals surface area contributed by atoms with Gasteiger partial charge in [-0.15, -0.1) is 12.3 Å². The second-order valence-corrected chi connectivity index (χ2v) is 3.37. The molecule has 2 N–H and O–H groups in total. The molecule has 6 heteroatoms. The Morgan fingerprint density at radius 2 is 2.00 bits per heavy atom. The quantitative estimate of drug-likeness (QED) is 0.807. The Morgan fingerprint density at radius 3 is 2.56 bits per heavy atom. The van der Waals surface area contributed by atoms with Crippen molar-refractivity contribution in [2.45, 2.75) is 12.8 Å².